The molecule has 3 rings (SSSR count). The van der Waals surface area contributed by atoms with E-state index >= 15 is 0 Å². The molecule has 0 atom stereocenters. The van der Waals surface area contributed by atoms with Crippen LogP contribution in [0.3, 0.4) is 0 Å². The first kappa shape index (κ1) is 24.4. The van der Waals surface area contributed by atoms with Crippen LogP contribution in [-0.2, 0) is 14.9 Å². The summed E-state index contributed by atoms with van der Waals surface area (Å²) in [5, 5.41) is 22.3. The third-order valence-corrected chi connectivity index (χ3v) is 5.12. The van der Waals surface area contributed by atoms with E-state index in [2.05, 4.69) is 5.32 Å². The number of hydrogen-bond donors (Lipinski definition) is 5. The van der Waals surface area contributed by atoms with Crippen LogP contribution < -0.4 is 11.1 Å². The SMILES string of the molecule is CCOC(=O)Nc1cc(S(=O)(=O)O)cc2ccc(O)cc12.Nc1cc(Cl)cc(Cl)c1O. The Balaban J connectivity index is 0.000000285. The molecule has 0 fully saturated rings. The van der Waals surface area contributed by atoms with Gasteiger partial charge in [-0.05, 0) is 48.7 Å². The summed E-state index contributed by atoms with van der Waals surface area (Å²) in [5.41, 5.74) is 5.60. The smallest absolute Gasteiger partial charge is 0.411 e. The molecule has 3 aromatic carbocycles. The van der Waals surface area contributed by atoms with Gasteiger partial charge in [-0.2, -0.15) is 8.42 Å². The maximum atomic E-state index is 11.5. The van der Waals surface area contributed by atoms with Crippen LogP contribution in [-0.4, -0.2) is 35.9 Å². The molecule has 166 valence electrons. The molecule has 0 aliphatic carbocycles. The van der Waals surface area contributed by atoms with Crippen molar-refractivity contribution in [3.05, 3.63) is 52.5 Å². The highest BCUT2D eigenvalue weighted by Crippen LogP contribution is 2.32. The molecule has 3 aromatic rings. The Kier molecular flexibility index (Phi) is 7.80. The monoisotopic (exact) mass is 488 g/mol. The van der Waals surface area contributed by atoms with Crippen LogP contribution in [0, 0.1) is 0 Å². The van der Waals surface area contributed by atoms with Crippen molar-refractivity contribution >= 4 is 61.6 Å². The number of nitrogens with two attached hydrogens (primary N) is 1. The number of aromatic hydroxyl groups is 2. The lowest BCUT2D eigenvalue weighted by Gasteiger charge is -2.11. The number of halogens is 2. The van der Waals surface area contributed by atoms with Gasteiger partial charge in [-0.3, -0.25) is 9.87 Å². The first-order valence-corrected chi connectivity index (χ1v) is 10.7. The summed E-state index contributed by atoms with van der Waals surface area (Å²) in [6, 6.07) is 9.39. The molecule has 0 unspecified atom stereocenters. The fraction of sp³-hybridized carbons (Fsp3) is 0.105. The highest BCUT2D eigenvalue weighted by atomic mass is 35.5. The van der Waals surface area contributed by atoms with Gasteiger partial charge in [0.15, 0.2) is 5.75 Å². The standard InChI is InChI=1S/C13H13NO6S.C6H5Cl2NO/c1-2-20-13(16)14-12-7-10(21(17,18)19)5-8-3-4-9(15)6-11(8)12;7-3-1-4(8)6(10)5(9)2-3/h3-7,15H,2H2,1H3,(H,14,16)(H,17,18,19);1-2,10H,9H2. The number of carbonyl (C=O) groups excluding carboxylic acids is 1. The molecule has 0 bridgehead atoms. The zero-order valence-electron chi connectivity index (χ0n) is 16.0. The fourth-order valence-electron chi connectivity index (χ4n) is 2.43. The van der Waals surface area contributed by atoms with Gasteiger partial charge in [0.25, 0.3) is 10.1 Å². The van der Waals surface area contributed by atoms with Crippen LogP contribution in [0.1, 0.15) is 6.92 Å². The number of hydrogen-bond acceptors (Lipinski definition) is 7. The van der Waals surface area contributed by atoms with Crippen molar-refractivity contribution in [2.24, 2.45) is 0 Å². The van der Waals surface area contributed by atoms with Gasteiger partial charge in [-0.1, -0.05) is 29.3 Å². The Hall–Kier alpha value is -2.92. The minimum atomic E-state index is -4.43. The average molecular weight is 489 g/mol. The Morgan fingerprint density at radius 1 is 1.13 bits per heavy atom. The Morgan fingerprint density at radius 3 is 2.39 bits per heavy atom. The van der Waals surface area contributed by atoms with Gasteiger partial charge < -0.3 is 20.7 Å². The third-order valence-electron chi connectivity index (χ3n) is 3.78. The fourth-order valence-corrected chi connectivity index (χ4v) is 3.49. The van der Waals surface area contributed by atoms with Gasteiger partial charge in [0.2, 0.25) is 0 Å². The van der Waals surface area contributed by atoms with E-state index in [9.17, 15) is 18.3 Å². The number of fused-ring (bicyclic) bond motifs is 1. The Labute approximate surface area is 187 Å². The van der Waals surface area contributed by atoms with E-state index in [1.165, 1.54) is 36.4 Å². The molecule has 0 radical (unpaired) electrons. The summed E-state index contributed by atoms with van der Waals surface area (Å²) in [7, 11) is -4.43. The minimum Gasteiger partial charge on any atom is -0.508 e. The van der Waals surface area contributed by atoms with Gasteiger partial charge in [0.1, 0.15) is 5.75 Å². The van der Waals surface area contributed by atoms with Crippen molar-refractivity contribution in [1.29, 1.82) is 0 Å². The molecule has 0 aliphatic rings. The van der Waals surface area contributed by atoms with Crippen molar-refractivity contribution in [2.75, 3.05) is 17.7 Å². The second-order valence-electron chi connectivity index (χ2n) is 6.02. The summed E-state index contributed by atoms with van der Waals surface area (Å²) in [6.07, 6.45) is -0.769. The molecule has 9 nitrogen and oxygen atoms in total. The number of benzene rings is 3. The number of phenolic OH excluding ortho intramolecular Hbond substituents is 2. The minimum absolute atomic E-state index is 0.0472. The predicted octanol–water partition coefficient (Wildman–Crippen LogP) is 4.64. The number of anilines is 2. The van der Waals surface area contributed by atoms with Crippen molar-refractivity contribution < 1.29 is 32.7 Å². The number of nitrogen functional groups attached to an aromatic ring is 1. The Morgan fingerprint density at radius 2 is 1.81 bits per heavy atom. The zero-order valence-corrected chi connectivity index (χ0v) is 18.3. The molecular weight excluding hydrogens is 471 g/mol. The summed E-state index contributed by atoms with van der Waals surface area (Å²) in [6.45, 7) is 1.77. The highest BCUT2D eigenvalue weighted by Gasteiger charge is 2.15. The van der Waals surface area contributed by atoms with Crippen LogP contribution in [0.15, 0.2) is 47.4 Å². The second kappa shape index (κ2) is 9.92. The van der Waals surface area contributed by atoms with Crippen LogP contribution in [0.25, 0.3) is 10.8 Å². The molecular formula is C19H18Cl2N2O7S. The largest absolute Gasteiger partial charge is 0.508 e. The van der Waals surface area contributed by atoms with Gasteiger partial charge in [0, 0.05) is 10.4 Å². The zero-order chi connectivity index (χ0) is 23.3. The summed E-state index contributed by atoms with van der Waals surface area (Å²) in [5.74, 6) is -0.167. The first-order chi connectivity index (χ1) is 14.4. The maximum absolute atomic E-state index is 11.5. The molecule has 0 heterocycles. The number of amides is 1. The molecule has 1 amide bonds. The molecule has 0 spiro atoms. The van der Waals surface area contributed by atoms with Crippen molar-refractivity contribution in [3.63, 3.8) is 0 Å². The van der Waals surface area contributed by atoms with Crippen LogP contribution in [0.4, 0.5) is 16.2 Å². The van der Waals surface area contributed by atoms with Crippen molar-refractivity contribution in [2.45, 2.75) is 11.8 Å². The van der Waals surface area contributed by atoms with E-state index in [-0.39, 0.29) is 39.4 Å². The number of carbonyl (C=O) groups is 1. The number of phenols is 2. The number of rotatable bonds is 3. The average Bonchev–Trinajstić information content (AvgIpc) is 2.66. The summed E-state index contributed by atoms with van der Waals surface area (Å²) in [4.78, 5) is 11.1. The molecule has 0 saturated heterocycles. The highest BCUT2D eigenvalue weighted by molar-refractivity contribution is 7.85. The Bertz CT molecular complexity index is 1210. The molecule has 0 aromatic heterocycles. The van der Waals surface area contributed by atoms with Crippen molar-refractivity contribution in [1.82, 2.24) is 0 Å². The van der Waals surface area contributed by atoms with Crippen LogP contribution in [0.5, 0.6) is 11.5 Å². The molecule has 12 heteroatoms. The molecule has 31 heavy (non-hydrogen) atoms. The van der Waals surface area contributed by atoms with Gasteiger partial charge in [-0.25, -0.2) is 4.79 Å². The van der Waals surface area contributed by atoms with E-state index in [1.54, 1.807) is 6.92 Å². The first-order valence-electron chi connectivity index (χ1n) is 8.54. The molecule has 0 aliphatic heterocycles. The topological polar surface area (TPSA) is 159 Å². The predicted molar refractivity (Wildman–Crippen MR) is 119 cm³/mol. The van der Waals surface area contributed by atoms with Crippen molar-refractivity contribution in [3.8, 4) is 11.5 Å². The number of ether oxygens (including phenoxy) is 1. The van der Waals surface area contributed by atoms with E-state index in [0.29, 0.717) is 15.8 Å². The van der Waals surface area contributed by atoms with Crippen LogP contribution >= 0.6 is 23.2 Å². The summed E-state index contributed by atoms with van der Waals surface area (Å²) < 4.78 is 36.4. The van der Waals surface area contributed by atoms with E-state index in [4.69, 9.17) is 43.3 Å². The maximum Gasteiger partial charge on any atom is 0.411 e. The second-order valence-corrected chi connectivity index (χ2v) is 8.29. The quantitative estimate of drug-likeness (QED) is 0.202. The van der Waals surface area contributed by atoms with Gasteiger partial charge in [-0.15, -0.1) is 0 Å². The lowest BCUT2D eigenvalue weighted by atomic mass is 10.1. The molecule has 6 N–H and O–H groups in total. The van der Waals surface area contributed by atoms with Gasteiger partial charge in [0.05, 0.1) is 27.9 Å². The van der Waals surface area contributed by atoms with E-state index in [0.717, 1.165) is 6.07 Å². The van der Waals surface area contributed by atoms with E-state index < -0.39 is 16.2 Å². The number of nitrogens with one attached hydrogen (secondary N) is 1. The molecule has 0 saturated carbocycles. The lowest BCUT2D eigenvalue weighted by molar-refractivity contribution is 0.168. The van der Waals surface area contributed by atoms with Crippen LogP contribution in [0.2, 0.25) is 10.0 Å². The lowest BCUT2D eigenvalue weighted by Crippen LogP contribution is -2.14. The van der Waals surface area contributed by atoms with Gasteiger partial charge >= 0.3 is 6.09 Å². The third kappa shape index (κ3) is 6.53. The summed E-state index contributed by atoms with van der Waals surface area (Å²) >= 11 is 11.1. The van der Waals surface area contributed by atoms with E-state index in [1.807, 2.05) is 0 Å². The normalized spacial score (nSPS) is 10.8.